The molecule has 1 saturated heterocycles. The van der Waals surface area contributed by atoms with Crippen molar-refractivity contribution in [2.45, 2.75) is 16.1 Å². The van der Waals surface area contributed by atoms with E-state index in [1.807, 2.05) is 6.07 Å². The molecular weight excluding hydrogens is 573 g/mol. The van der Waals surface area contributed by atoms with Crippen molar-refractivity contribution in [3.05, 3.63) is 110 Å². The summed E-state index contributed by atoms with van der Waals surface area (Å²) in [6, 6.07) is 19.7. The summed E-state index contributed by atoms with van der Waals surface area (Å²) in [7, 11) is 0. The van der Waals surface area contributed by atoms with Crippen molar-refractivity contribution in [2.75, 3.05) is 4.90 Å². The van der Waals surface area contributed by atoms with Gasteiger partial charge in [-0.15, -0.1) is 10.2 Å². The fourth-order valence-electron chi connectivity index (χ4n) is 3.88. The normalized spacial score (nSPS) is 16.9. The molecule has 1 unspecified atom stereocenters. The zero-order valence-electron chi connectivity index (χ0n) is 18.8. The minimum atomic E-state index is -0.908. The van der Waals surface area contributed by atoms with E-state index < -0.39 is 17.7 Å². The fourth-order valence-corrected chi connectivity index (χ4v) is 6.43. The molecule has 0 spiro atoms. The van der Waals surface area contributed by atoms with Crippen molar-refractivity contribution in [3.63, 3.8) is 0 Å². The predicted octanol–water partition coefficient (Wildman–Crippen LogP) is 7.42. The van der Waals surface area contributed by atoms with Crippen LogP contribution in [0, 0.1) is 0 Å². The van der Waals surface area contributed by atoms with Gasteiger partial charge in [0.15, 0.2) is 4.34 Å². The first-order chi connectivity index (χ1) is 17.8. The van der Waals surface area contributed by atoms with E-state index in [1.54, 1.807) is 66.7 Å². The molecule has 37 heavy (non-hydrogen) atoms. The number of thioether (sulfide) groups is 1. The largest absolute Gasteiger partial charge is 0.507 e. The Morgan fingerprint density at radius 2 is 1.65 bits per heavy atom. The van der Waals surface area contributed by atoms with Gasteiger partial charge in [0.25, 0.3) is 5.78 Å². The summed E-state index contributed by atoms with van der Waals surface area (Å²) in [5.41, 5.74) is 1.86. The van der Waals surface area contributed by atoms with Crippen molar-refractivity contribution in [1.29, 1.82) is 0 Å². The lowest BCUT2D eigenvalue weighted by atomic mass is 9.95. The number of anilines is 1. The molecule has 11 heteroatoms. The van der Waals surface area contributed by atoms with Gasteiger partial charge in [-0.3, -0.25) is 14.5 Å². The molecule has 0 bridgehead atoms. The van der Waals surface area contributed by atoms with Crippen LogP contribution in [-0.4, -0.2) is 27.0 Å². The van der Waals surface area contributed by atoms with E-state index in [1.165, 1.54) is 28.0 Å². The highest BCUT2D eigenvalue weighted by molar-refractivity contribution is 8.00. The van der Waals surface area contributed by atoms with E-state index in [4.69, 9.17) is 34.8 Å². The molecule has 1 aromatic heterocycles. The maximum absolute atomic E-state index is 13.3. The first-order valence-electron chi connectivity index (χ1n) is 10.9. The Labute approximate surface area is 235 Å². The highest BCUT2D eigenvalue weighted by Gasteiger charge is 2.48. The lowest BCUT2D eigenvalue weighted by Gasteiger charge is -2.22. The molecule has 186 valence electrons. The van der Waals surface area contributed by atoms with Gasteiger partial charge in [0.1, 0.15) is 5.76 Å². The number of rotatable bonds is 6. The number of aliphatic hydroxyl groups is 1. The van der Waals surface area contributed by atoms with E-state index in [0.29, 0.717) is 36.3 Å². The van der Waals surface area contributed by atoms with E-state index in [0.717, 1.165) is 5.56 Å². The zero-order valence-corrected chi connectivity index (χ0v) is 22.7. The summed E-state index contributed by atoms with van der Waals surface area (Å²) in [6.45, 7) is 0. The maximum atomic E-state index is 13.3. The standard InChI is InChI=1S/C26H16Cl3N3O3S2/c27-17-9-6-14(7-10-17)21-20(22(33)15-4-2-1-3-5-15)23(34)24(35)32(21)25-30-31-26(37-25)36-13-16-8-11-18(28)12-19(16)29/h1-12,21,33H,13H2/b22-20-. The average Bonchev–Trinajstić information content (AvgIpc) is 3.46. The number of carbonyl (C=O) groups excluding carboxylic acids is 2. The third-order valence-electron chi connectivity index (χ3n) is 5.65. The first-order valence-corrected chi connectivity index (χ1v) is 13.8. The van der Waals surface area contributed by atoms with Crippen LogP contribution >= 0.6 is 57.9 Å². The van der Waals surface area contributed by atoms with Crippen LogP contribution < -0.4 is 4.90 Å². The summed E-state index contributed by atoms with van der Waals surface area (Å²) in [5.74, 6) is -1.36. The maximum Gasteiger partial charge on any atom is 0.301 e. The van der Waals surface area contributed by atoms with E-state index in [-0.39, 0.29) is 16.5 Å². The van der Waals surface area contributed by atoms with Gasteiger partial charge in [-0.1, -0.05) is 106 Å². The second kappa shape index (κ2) is 10.8. The van der Waals surface area contributed by atoms with Crippen LogP contribution in [0.2, 0.25) is 15.1 Å². The predicted molar refractivity (Wildman–Crippen MR) is 149 cm³/mol. The number of Topliss-reactive ketones (excluding diaryl/α,β-unsaturated/α-hetero) is 1. The zero-order chi connectivity index (χ0) is 26.1. The molecule has 1 aliphatic rings. The lowest BCUT2D eigenvalue weighted by molar-refractivity contribution is -0.132. The average molecular weight is 589 g/mol. The van der Waals surface area contributed by atoms with Crippen LogP contribution in [0.15, 0.2) is 82.7 Å². The monoisotopic (exact) mass is 587 g/mol. The minimum Gasteiger partial charge on any atom is -0.507 e. The molecule has 6 nitrogen and oxygen atoms in total. The van der Waals surface area contributed by atoms with Crippen molar-refractivity contribution in [2.24, 2.45) is 0 Å². The Kier molecular flexibility index (Phi) is 7.55. The summed E-state index contributed by atoms with van der Waals surface area (Å²) in [6.07, 6.45) is 0. The summed E-state index contributed by atoms with van der Waals surface area (Å²) in [4.78, 5) is 27.8. The third kappa shape index (κ3) is 5.26. The number of benzene rings is 3. The topological polar surface area (TPSA) is 83.4 Å². The van der Waals surface area contributed by atoms with Crippen molar-refractivity contribution in [1.82, 2.24) is 10.2 Å². The quantitative estimate of drug-likeness (QED) is 0.0830. The Morgan fingerprint density at radius 1 is 0.946 bits per heavy atom. The molecule has 5 rings (SSSR count). The van der Waals surface area contributed by atoms with Gasteiger partial charge in [-0.2, -0.15) is 0 Å². The third-order valence-corrected chi connectivity index (χ3v) is 8.59. The molecule has 0 aliphatic carbocycles. The Hall–Kier alpha value is -2.88. The van der Waals surface area contributed by atoms with Crippen LogP contribution in [0.3, 0.4) is 0 Å². The molecule has 1 atom stereocenters. The molecule has 0 saturated carbocycles. The number of ketones is 1. The van der Waals surface area contributed by atoms with Gasteiger partial charge >= 0.3 is 5.91 Å². The summed E-state index contributed by atoms with van der Waals surface area (Å²) >= 11 is 20.9. The number of aromatic nitrogens is 2. The van der Waals surface area contributed by atoms with Crippen LogP contribution in [0.1, 0.15) is 22.7 Å². The van der Waals surface area contributed by atoms with Crippen LogP contribution in [-0.2, 0) is 15.3 Å². The fraction of sp³-hybridized carbons (Fsp3) is 0.0769. The number of hydrogen-bond acceptors (Lipinski definition) is 7. The van der Waals surface area contributed by atoms with Crippen LogP contribution in [0.5, 0.6) is 0 Å². The Morgan fingerprint density at radius 3 is 2.35 bits per heavy atom. The molecular formula is C26H16Cl3N3O3S2. The van der Waals surface area contributed by atoms with Crippen molar-refractivity contribution < 1.29 is 14.7 Å². The van der Waals surface area contributed by atoms with Crippen LogP contribution in [0.25, 0.3) is 5.76 Å². The molecule has 1 N–H and O–H groups in total. The molecule has 1 fully saturated rings. The lowest BCUT2D eigenvalue weighted by Crippen LogP contribution is -2.29. The van der Waals surface area contributed by atoms with E-state index in [2.05, 4.69) is 10.2 Å². The number of aliphatic hydroxyl groups excluding tert-OH is 1. The second-order valence-corrected chi connectivity index (χ2v) is 11.4. The van der Waals surface area contributed by atoms with Gasteiger partial charge in [0, 0.05) is 26.4 Å². The van der Waals surface area contributed by atoms with Crippen molar-refractivity contribution in [3.8, 4) is 0 Å². The van der Waals surface area contributed by atoms with Gasteiger partial charge in [-0.25, -0.2) is 0 Å². The summed E-state index contributed by atoms with van der Waals surface area (Å²) < 4.78 is 0.584. The number of amides is 1. The molecule has 1 amide bonds. The number of halogens is 3. The van der Waals surface area contributed by atoms with E-state index in [9.17, 15) is 14.7 Å². The molecule has 0 radical (unpaired) electrons. The molecule has 3 aromatic carbocycles. The first kappa shape index (κ1) is 25.8. The minimum absolute atomic E-state index is 0.0316. The summed E-state index contributed by atoms with van der Waals surface area (Å²) in [5, 5.41) is 21.4. The van der Waals surface area contributed by atoms with Gasteiger partial charge in [0.05, 0.1) is 11.6 Å². The number of nitrogens with zero attached hydrogens (tertiary/aromatic N) is 3. The Bertz CT molecular complexity index is 1530. The second-order valence-electron chi connectivity index (χ2n) is 7.96. The Balaban J connectivity index is 1.52. The van der Waals surface area contributed by atoms with Gasteiger partial charge in [0.2, 0.25) is 5.13 Å². The van der Waals surface area contributed by atoms with Gasteiger partial charge < -0.3 is 5.11 Å². The molecule has 2 heterocycles. The molecule has 1 aliphatic heterocycles. The highest BCUT2D eigenvalue weighted by atomic mass is 35.5. The molecule has 4 aromatic rings. The highest BCUT2D eigenvalue weighted by Crippen LogP contribution is 2.44. The smallest absolute Gasteiger partial charge is 0.301 e. The van der Waals surface area contributed by atoms with Gasteiger partial charge in [-0.05, 0) is 35.4 Å². The SMILES string of the molecule is O=C1C(=O)N(c2nnc(SCc3ccc(Cl)cc3Cl)s2)C(c2ccc(Cl)cc2)/C1=C(/O)c1ccccc1. The number of carbonyl (C=O) groups is 2. The number of hydrogen-bond donors (Lipinski definition) is 1. The van der Waals surface area contributed by atoms with E-state index >= 15 is 0 Å². The van der Waals surface area contributed by atoms with Crippen molar-refractivity contribution >= 4 is 80.5 Å². The van der Waals surface area contributed by atoms with Crippen LogP contribution in [0.4, 0.5) is 5.13 Å².